The van der Waals surface area contributed by atoms with Gasteiger partial charge in [0.2, 0.25) is 5.91 Å². The Kier molecular flexibility index (Phi) is 5.66. The zero-order chi connectivity index (χ0) is 21.8. The number of aromatic nitrogens is 2. The maximum Gasteiger partial charge on any atom is 0.275 e. The number of hydrogen-bond donors (Lipinski definition) is 1. The highest BCUT2D eigenvalue weighted by atomic mass is 16.5. The van der Waals surface area contributed by atoms with Gasteiger partial charge in [-0.2, -0.15) is 5.10 Å². The summed E-state index contributed by atoms with van der Waals surface area (Å²) in [6.45, 7) is -0.209. The fourth-order valence-corrected chi connectivity index (χ4v) is 3.32. The lowest BCUT2D eigenvalue weighted by atomic mass is 10.0. The summed E-state index contributed by atoms with van der Waals surface area (Å²) in [6, 6.07) is 21.6. The molecule has 0 aliphatic heterocycles. The highest BCUT2D eigenvalue weighted by Gasteiger charge is 2.14. The number of amides is 1. The van der Waals surface area contributed by atoms with E-state index >= 15 is 0 Å². The summed E-state index contributed by atoms with van der Waals surface area (Å²) in [7, 11) is 3.18. The zero-order valence-electron chi connectivity index (χ0n) is 17.2. The molecule has 0 atom stereocenters. The van der Waals surface area contributed by atoms with E-state index in [4.69, 9.17) is 9.47 Å². The van der Waals surface area contributed by atoms with Crippen LogP contribution in [-0.4, -0.2) is 29.9 Å². The number of methoxy groups -OCH3 is 2. The second-order valence-corrected chi connectivity index (χ2v) is 6.86. The minimum atomic E-state index is -0.351. The summed E-state index contributed by atoms with van der Waals surface area (Å²) < 4.78 is 11.5. The van der Waals surface area contributed by atoms with Gasteiger partial charge < -0.3 is 14.8 Å². The van der Waals surface area contributed by atoms with Gasteiger partial charge in [-0.15, -0.1) is 0 Å². The summed E-state index contributed by atoms with van der Waals surface area (Å²) in [4.78, 5) is 25.6. The number of hydrogen-bond acceptors (Lipinski definition) is 5. The first-order valence-corrected chi connectivity index (χ1v) is 9.67. The van der Waals surface area contributed by atoms with E-state index < -0.39 is 0 Å². The SMILES string of the molecule is COc1ccc(NC(=O)Cn2nc(-c3ccc(OC)cc3)c3ccccc3c2=O)cc1. The molecule has 31 heavy (non-hydrogen) atoms. The average molecular weight is 415 g/mol. The van der Waals surface area contributed by atoms with Crippen LogP contribution in [0.15, 0.2) is 77.6 Å². The molecular weight excluding hydrogens is 394 g/mol. The molecule has 0 unspecified atom stereocenters. The highest BCUT2D eigenvalue weighted by Crippen LogP contribution is 2.26. The van der Waals surface area contributed by atoms with Crippen molar-refractivity contribution < 1.29 is 14.3 Å². The van der Waals surface area contributed by atoms with Crippen LogP contribution in [0, 0.1) is 0 Å². The molecule has 1 heterocycles. The Bertz CT molecular complexity index is 1280. The van der Waals surface area contributed by atoms with Crippen molar-refractivity contribution in [3.8, 4) is 22.8 Å². The molecule has 0 aliphatic carbocycles. The van der Waals surface area contributed by atoms with Gasteiger partial charge in [0.15, 0.2) is 0 Å². The third-order valence-electron chi connectivity index (χ3n) is 4.90. The number of nitrogens with zero attached hydrogens (tertiary/aromatic N) is 2. The molecule has 4 aromatic rings. The first-order chi connectivity index (χ1) is 15.1. The fourth-order valence-electron chi connectivity index (χ4n) is 3.32. The van der Waals surface area contributed by atoms with Crippen LogP contribution in [-0.2, 0) is 11.3 Å². The molecule has 7 heteroatoms. The van der Waals surface area contributed by atoms with Crippen molar-refractivity contribution in [2.45, 2.75) is 6.54 Å². The highest BCUT2D eigenvalue weighted by molar-refractivity contribution is 5.94. The Morgan fingerprint density at radius 2 is 1.45 bits per heavy atom. The first kappa shape index (κ1) is 20.2. The number of nitrogens with one attached hydrogen (secondary N) is 1. The number of carbonyl (C=O) groups excluding carboxylic acids is 1. The summed E-state index contributed by atoms with van der Waals surface area (Å²) in [5.41, 5.74) is 1.73. The molecule has 0 fully saturated rings. The summed E-state index contributed by atoms with van der Waals surface area (Å²) in [5.74, 6) is 1.06. The molecule has 0 radical (unpaired) electrons. The number of benzene rings is 3. The summed E-state index contributed by atoms with van der Waals surface area (Å²) in [5, 5.41) is 8.53. The largest absolute Gasteiger partial charge is 0.497 e. The molecule has 0 spiro atoms. The van der Waals surface area contributed by atoms with Crippen LogP contribution >= 0.6 is 0 Å². The van der Waals surface area contributed by atoms with Gasteiger partial charge >= 0.3 is 0 Å². The predicted octanol–water partition coefficient (Wildman–Crippen LogP) is 3.72. The van der Waals surface area contributed by atoms with Gasteiger partial charge in [0, 0.05) is 16.6 Å². The zero-order valence-corrected chi connectivity index (χ0v) is 17.2. The van der Waals surface area contributed by atoms with Gasteiger partial charge in [0.25, 0.3) is 5.56 Å². The van der Waals surface area contributed by atoms with E-state index in [1.165, 1.54) is 4.68 Å². The van der Waals surface area contributed by atoms with Crippen LogP contribution in [0.4, 0.5) is 5.69 Å². The van der Waals surface area contributed by atoms with Crippen molar-refractivity contribution in [3.63, 3.8) is 0 Å². The standard InChI is InChI=1S/C24H21N3O4/c1-30-18-11-7-16(8-12-18)23-20-5-3-4-6-21(20)24(29)27(26-23)15-22(28)25-17-9-13-19(31-2)14-10-17/h3-14H,15H2,1-2H3,(H,25,28). The van der Waals surface area contributed by atoms with Crippen molar-refractivity contribution >= 4 is 22.4 Å². The number of ether oxygens (including phenoxy) is 2. The van der Waals surface area contributed by atoms with Crippen LogP contribution < -0.4 is 20.3 Å². The van der Waals surface area contributed by atoms with E-state index in [1.54, 1.807) is 50.6 Å². The smallest absolute Gasteiger partial charge is 0.275 e. The lowest BCUT2D eigenvalue weighted by molar-refractivity contribution is -0.117. The van der Waals surface area contributed by atoms with Crippen molar-refractivity contribution in [1.82, 2.24) is 9.78 Å². The number of rotatable bonds is 6. The Labute approximate surface area is 178 Å². The second kappa shape index (κ2) is 8.71. The molecular formula is C24H21N3O4. The van der Waals surface area contributed by atoms with Crippen LogP contribution in [0.3, 0.4) is 0 Å². The van der Waals surface area contributed by atoms with E-state index in [0.717, 1.165) is 16.7 Å². The minimum Gasteiger partial charge on any atom is -0.497 e. The Morgan fingerprint density at radius 3 is 2.06 bits per heavy atom. The average Bonchev–Trinajstić information content (AvgIpc) is 2.81. The quantitative estimate of drug-likeness (QED) is 0.519. The molecule has 0 saturated heterocycles. The maximum atomic E-state index is 13.0. The third-order valence-corrected chi connectivity index (χ3v) is 4.90. The lowest BCUT2D eigenvalue weighted by Crippen LogP contribution is -2.30. The van der Waals surface area contributed by atoms with Crippen LogP contribution in [0.2, 0.25) is 0 Å². The second-order valence-electron chi connectivity index (χ2n) is 6.86. The number of carbonyl (C=O) groups is 1. The molecule has 3 aromatic carbocycles. The molecule has 1 amide bonds. The van der Waals surface area contributed by atoms with Crippen LogP contribution in [0.25, 0.3) is 22.0 Å². The van der Waals surface area contributed by atoms with Crippen molar-refractivity contribution in [1.29, 1.82) is 0 Å². The van der Waals surface area contributed by atoms with E-state index in [2.05, 4.69) is 10.4 Å². The van der Waals surface area contributed by atoms with E-state index in [1.807, 2.05) is 36.4 Å². The molecule has 4 rings (SSSR count). The molecule has 0 saturated carbocycles. The van der Waals surface area contributed by atoms with E-state index in [9.17, 15) is 9.59 Å². The van der Waals surface area contributed by atoms with Crippen molar-refractivity contribution in [2.75, 3.05) is 19.5 Å². The predicted molar refractivity (Wildman–Crippen MR) is 120 cm³/mol. The third kappa shape index (κ3) is 4.25. The summed E-state index contributed by atoms with van der Waals surface area (Å²) in [6.07, 6.45) is 0. The van der Waals surface area contributed by atoms with Gasteiger partial charge in [0.05, 0.1) is 25.3 Å². The van der Waals surface area contributed by atoms with Gasteiger partial charge in [0.1, 0.15) is 18.0 Å². The normalized spacial score (nSPS) is 10.6. The minimum absolute atomic E-state index is 0.209. The van der Waals surface area contributed by atoms with Crippen LogP contribution in [0.1, 0.15) is 0 Å². The number of fused-ring (bicyclic) bond motifs is 1. The lowest BCUT2D eigenvalue weighted by Gasteiger charge is -2.12. The maximum absolute atomic E-state index is 13.0. The number of anilines is 1. The summed E-state index contributed by atoms with van der Waals surface area (Å²) >= 11 is 0. The molecule has 1 aromatic heterocycles. The van der Waals surface area contributed by atoms with Gasteiger partial charge in [-0.25, -0.2) is 4.68 Å². The molecule has 156 valence electrons. The van der Waals surface area contributed by atoms with E-state index in [0.29, 0.717) is 22.5 Å². The van der Waals surface area contributed by atoms with Gasteiger partial charge in [-0.1, -0.05) is 18.2 Å². The van der Waals surface area contributed by atoms with Crippen molar-refractivity contribution in [3.05, 3.63) is 83.2 Å². The fraction of sp³-hybridized carbons (Fsp3) is 0.125. The Hall–Kier alpha value is -4.13. The monoisotopic (exact) mass is 415 g/mol. The van der Waals surface area contributed by atoms with Gasteiger partial charge in [-0.3, -0.25) is 9.59 Å². The topological polar surface area (TPSA) is 82.4 Å². The molecule has 7 nitrogen and oxygen atoms in total. The molecule has 0 aliphatic rings. The molecule has 0 bridgehead atoms. The Morgan fingerprint density at radius 1 is 0.871 bits per heavy atom. The molecule has 1 N–H and O–H groups in total. The van der Waals surface area contributed by atoms with Crippen molar-refractivity contribution in [2.24, 2.45) is 0 Å². The first-order valence-electron chi connectivity index (χ1n) is 9.67. The van der Waals surface area contributed by atoms with Crippen LogP contribution in [0.5, 0.6) is 11.5 Å². The van der Waals surface area contributed by atoms with Gasteiger partial charge in [-0.05, 0) is 54.6 Å². The van der Waals surface area contributed by atoms with E-state index in [-0.39, 0.29) is 18.0 Å². The Balaban J connectivity index is 1.69.